The molecule has 5 heteroatoms. The summed E-state index contributed by atoms with van der Waals surface area (Å²) >= 11 is 17.1. The molecule has 0 aliphatic carbocycles. The van der Waals surface area contributed by atoms with Gasteiger partial charge in [-0.05, 0) is 24.6 Å². The van der Waals surface area contributed by atoms with Crippen LogP contribution in [-0.4, -0.2) is 6.61 Å². The third-order valence-electron chi connectivity index (χ3n) is 1.97. The molecule has 0 unspecified atom stereocenters. The molecule has 0 bridgehead atoms. The lowest BCUT2D eigenvalue weighted by Gasteiger charge is -2.10. The molecule has 0 radical (unpaired) electrons. The molecule has 0 aliphatic rings. The van der Waals surface area contributed by atoms with Crippen molar-refractivity contribution in [3.8, 4) is 5.75 Å². The van der Waals surface area contributed by atoms with Crippen molar-refractivity contribution in [2.45, 2.75) is 13.0 Å². The summed E-state index contributed by atoms with van der Waals surface area (Å²) in [4.78, 5) is 0. The second kappa shape index (κ2) is 6.36. The van der Waals surface area contributed by atoms with Crippen LogP contribution < -0.4 is 10.5 Å². The zero-order valence-corrected chi connectivity index (χ0v) is 11.0. The number of benzene rings is 1. The van der Waals surface area contributed by atoms with Gasteiger partial charge in [-0.2, -0.15) is 0 Å². The molecule has 2 N–H and O–H groups in total. The summed E-state index contributed by atoms with van der Waals surface area (Å²) in [6.07, 6.45) is 0. The molecule has 1 atom stereocenters. The minimum Gasteiger partial charge on any atom is -0.486 e. The van der Waals surface area contributed by atoms with Gasteiger partial charge in [0.2, 0.25) is 0 Å². The fourth-order valence-electron chi connectivity index (χ4n) is 1.10. The molecule has 1 aromatic rings. The van der Waals surface area contributed by atoms with Crippen LogP contribution in [0.4, 0.5) is 0 Å². The maximum atomic E-state index is 6.02. The van der Waals surface area contributed by atoms with E-state index in [9.17, 15) is 0 Å². The minimum atomic E-state index is -0.0575. The van der Waals surface area contributed by atoms with Gasteiger partial charge < -0.3 is 10.5 Å². The zero-order chi connectivity index (χ0) is 12.1. The van der Waals surface area contributed by atoms with E-state index in [0.717, 1.165) is 5.56 Å². The van der Waals surface area contributed by atoms with E-state index in [1.165, 1.54) is 5.54 Å². The van der Waals surface area contributed by atoms with Crippen LogP contribution >= 0.6 is 34.8 Å². The normalized spacial score (nSPS) is 13.7. The van der Waals surface area contributed by atoms with Crippen molar-refractivity contribution in [1.29, 1.82) is 0 Å². The standard InChI is InChI=1S/C11H12Cl3NO/c1-7(15)8-2-3-11(10(14)4-8)16-6-9(13)5-12/h2-5,7H,6,15H2,1H3/b9-5-/t7-/m0/s1. The van der Waals surface area contributed by atoms with E-state index >= 15 is 0 Å². The zero-order valence-electron chi connectivity index (χ0n) is 8.71. The van der Waals surface area contributed by atoms with E-state index in [0.29, 0.717) is 15.8 Å². The van der Waals surface area contributed by atoms with E-state index in [1.54, 1.807) is 12.1 Å². The summed E-state index contributed by atoms with van der Waals surface area (Å²) in [6.45, 7) is 2.08. The van der Waals surface area contributed by atoms with Crippen LogP contribution in [0, 0.1) is 0 Å². The van der Waals surface area contributed by atoms with Gasteiger partial charge in [-0.1, -0.05) is 40.9 Å². The monoisotopic (exact) mass is 279 g/mol. The summed E-state index contributed by atoms with van der Waals surface area (Å²) in [5.74, 6) is 0.558. The Balaban J connectivity index is 2.75. The lowest BCUT2D eigenvalue weighted by Crippen LogP contribution is -2.05. The Morgan fingerprint density at radius 3 is 2.75 bits per heavy atom. The van der Waals surface area contributed by atoms with E-state index in [1.807, 2.05) is 13.0 Å². The highest BCUT2D eigenvalue weighted by molar-refractivity contribution is 6.36. The summed E-state index contributed by atoms with van der Waals surface area (Å²) < 4.78 is 5.37. The van der Waals surface area contributed by atoms with Gasteiger partial charge in [0.25, 0.3) is 0 Å². The summed E-state index contributed by atoms with van der Waals surface area (Å²) in [6, 6.07) is 5.35. The number of hydrogen-bond donors (Lipinski definition) is 1. The quantitative estimate of drug-likeness (QED) is 0.903. The van der Waals surface area contributed by atoms with Gasteiger partial charge in [-0.25, -0.2) is 0 Å². The van der Waals surface area contributed by atoms with Gasteiger partial charge in [0, 0.05) is 11.6 Å². The van der Waals surface area contributed by atoms with Crippen molar-refractivity contribution in [3.63, 3.8) is 0 Å². The van der Waals surface area contributed by atoms with Gasteiger partial charge in [-0.3, -0.25) is 0 Å². The first-order chi connectivity index (χ1) is 7.54. The number of nitrogens with two attached hydrogens (primary N) is 1. The second-order valence-electron chi connectivity index (χ2n) is 3.32. The van der Waals surface area contributed by atoms with Crippen LogP contribution in [0.15, 0.2) is 28.8 Å². The minimum absolute atomic E-state index is 0.0575. The fourth-order valence-corrected chi connectivity index (χ4v) is 1.46. The third kappa shape index (κ3) is 3.87. The number of rotatable bonds is 4. The summed E-state index contributed by atoms with van der Waals surface area (Å²) in [7, 11) is 0. The topological polar surface area (TPSA) is 35.2 Å². The largest absolute Gasteiger partial charge is 0.486 e. The maximum absolute atomic E-state index is 6.02. The molecule has 0 saturated carbocycles. The molecule has 2 nitrogen and oxygen atoms in total. The van der Waals surface area contributed by atoms with Crippen LogP contribution in [0.25, 0.3) is 0 Å². The summed E-state index contributed by atoms with van der Waals surface area (Å²) in [5, 5.41) is 0.919. The molecule has 0 saturated heterocycles. The van der Waals surface area contributed by atoms with Gasteiger partial charge in [0.15, 0.2) is 0 Å². The molecule has 0 spiro atoms. The van der Waals surface area contributed by atoms with Crippen LogP contribution in [0.3, 0.4) is 0 Å². The van der Waals surface area contributed by atoms with Gasteiger partial charge in [-0.15, -0.1) is 0 Å². The molecule has 1 aromatic carbocycles. The van der Waals surface area contributed by atoms with Gasteiger partial charge in [0.1, 0.15) is 12.4 Å². The molecule has 16 heavy (non-hydrogen) atoms. The number of ether oxygens (including phenoxy) is 1. The Bertz CT molecular complexity index is 391. The van der Waals surface area contributed by atoms with Crippen molar-refractivity contribution < 1.29 is 4.74 Å². The second-order valence-corrected chi connectivity index (χ2v) is 4.43. The Hall–Kier alpha value is -0.410. The van der Waals surface area contributed by atoms with Crippen LogP contribution in [0.1, 0.15) is 18.5 Å². The average molecular weight is 281 g/mol. The molecule has 0 heterocycles. The lowest BCUT2D eigenvalue weighted by molar-refractivity contribution is 0.359. The van der Waals surface area contributed by atoms with Gasteiger partial charge >= 0.3 is 0 Å². The van der Waals surface area contributed by atoms with Crippen molar-refractivity contribution in [1.82, 2.24) is 0 Å². The maximum Gasteiger partial charge on any atom is 0.138 e. The number of hydrogen-bond acceptors (Lipinski definition) is 2. The van der Waals surface area contributed by atoms with E-state index < -0.39 is 0 Å². The predicted molar refractivity (Wildman–Crippen MR) is 69.3 cm³/mol. The first kappa shape index (κ1) is 13.7. The highest BCUT2D eigenvalue weighted by Gasteiger charge is 2.06. The van der Waals surface area contributed by atoms with E-state index in [4.69, 9.17) is 45.3 Å². The third-order valence-corrected chi connectivity index (χ3v) is 2.85. The Morgan fingerprint density at radius 2 is 2.25 bits per heavy atom. The molecule has 0 amide bonds. The fraction of sp³-hybridized carbons (Fsp3) is 0.273. The molecular formula is C11H12Cl3NO. The molecule has 0 fully saturated rings. The highest BCUT2D eigenvalue weighted by atomic mass is 35.5. The molecule has 0 aromatic heterocycles. The van der Waals surface area contributed by atoms with Crippen molar-refractivity contribution in [2.24, 2.45) is 5.73 Å². The molecule has 88 valence electrons. The van der Waals surface area contributed by atoms with E-state index in [2.05, 4.69) is 0 Å². The Morgan fingerprint density at radius 1 is 1.56 bits per heavy atom. The molecular weight excluding hydrogens is 268 g/mol. The SMILES string of the molecule is C[C@H](N)c1ccc(OC/C(Cl)=C/Cl)c(Cl)c1. The average Bonchev–Trinajstić information content (AvgIpc) is 2.26. The van der Waals surface area contributed by atoms with Crippen LogP contribution in [0.2, 0.25) is 5.02 Å². The molecule has 1 rings (SSSR count). The Kier molecular flexibility index (Phi) is 5.42. The van der Waals surface area contributed by atoms with Crippen molar-refractivity contribution in [3.05, 3.63) is 39.4 Å². The predicted octanol–water partition coefficient (Wildman–Crippen LogP) is 4.06. The van der Waals surface area contributed by atoms with Crippen molar-refractivity contribution in [2.75, 3.05) is 6.61 Å². The Labute approximate surface area is 110 Å². The first-order valence-corrected chi connectivity index (χ1v) is 5.86. The smallest absolute Gasteiger partial charge is 0.138 e. The molecule has 0 aliphatic heterocycles. The van der Waals surface area contributed by atoms with E-state index in [-0.39, 0.29) is 12.6 Å². The van der Waals surface area contributed by atoms with Crippen molar-refractivity contribution >= 4 is 34.8 Å². The van der Waals surface area contributed by atoms with Crippen LogP contribution in [0.5, 0.6) is 5.75 Å². The van der Waals surface area contributed by atoms with Gasteiger partial charge in [0.05, 0.1) is 10.1 Å². The number of halogens is 3. The first-order valence-electron chi connectivity index (χ1n) is 4.67. The lowest BCUT2D eigenvalue weighted by atomic mass is 10.1. The highest BCUT2D eigenvalue weighted by Crippen LogP contribution is 2.27. The van der Waals surface area contributed by atoms with Crippen LogP contribution in [-0.2, 0) is 0 Å². The summed E-state index contributed by atoms with van der Waals surface area (Å²) in [5.41, 5.74) is 7.94.